The van der Waals surface area contributed by atoms with Crippen molar-refractivity contribution in [2.24, 2.45) is 7.05 Å². The lowest BCUT2D eigenvalue weighted by molar-refractivity contribution is 0.238. The molecular formula is C11H14N2O3. The molecule has 86 valence electrons. The predicted molar refractivity (Wildman–Crippen MR) is 60.6 cm³/mol. The van der Waals surface area contributed by atoms with Crippen LogP contribution in [0, 0.1) is 0 Å². The number of aromatic hydroxyl groups is 1. The number of rotatable bonds is 2. The molecule has 2 aromatic rings. The second-order valence-corrected chi connectivity index (χ2v) is 3.92. The van der Waals surface area contributed by atoms with Gasteiger partial charge in [-0.25, -0.2) is 4.79 Å². The third-order valence-electron chi connectivity index (χ3n) is 2.78. The summed E-state index contributed by atoms with van der Waals surface area (Å²) in [6.07, 6.45) is 0. The molecular weight excluding hydrogens is 208 g/mol. The average Bonchev–Trinajstić information content (AvgIpc) is 2.52. The number of aliphatic hydroxyl groups excluding tert-OH is 1. The number of fused-ring (bicyclic) bond motifs is 1. The third-order valence-corrected chi connectivity index (χ3v) is 2.78. The molecule has 1 unspecified atom stereocenters. The maximum Gasteiger partial charge on any atom is 0.329 e. The lowest BCUT2D eigenvalue weighted by Crippen LogP contribution is -2.26. The van der Waals surface area contributed by atoms with Gasteiger partial charge in [-0.3, -0.25) is 9.13 Å². The number of phenols is 1. The van der Waals surface area contributed by atoms with E-state index in [9.17, 15) is 9.90 Å². The minimum absolute atomic E-state index is 0.0973. The number of hydrogen-bond acceptors (Lipinski definition) is 3. The van der Waals surface area contributed by atoms with Gasteiger partial charge in [0.2, 0.25) is 0 Å². The van der Waals surface area contributed by atoms with Gasteiger partial charge in [0.25, 0.3) is 0 Å². The van der Waals surface area contributed by atoms with E-state index in [4.69, 9.17) is 5.11 Å². The highest BCUT2D eigenvalue weighted by molar-refractivity contribution is 5.77. The van der Waals surface area contributed by atoms with Crippen molar-refractivity contribution in [1.29, 1.82) is 0 Å². The van der Waals surface area contributed by atoms with Gasteiger partial charge in [-0.05, 0) is 19.1 Å². The fourth-order valence-corrected chi connectivity index (χ4v) is 1.86. The molecule has 2 N–H and O–H groups in total. The molecule has 1 heterocycles. The van der Waals surface area contributed by atoms with Crippen molar-refractivity contribution >= 4 is 11.0 Å². The van der Waals surface area contributed by atoms with E-state index in [1.165, 1.54) is 21.3 Å². The zero-order valence-electron chi connectivity index (χ0n) is 9.21. The molecule has 0 saturated heterocycles. The number of phenolic OH excluding ortho intramolecular Hbond substituents is 1. The van der Waals surface area contributed by atoms with Gasteiger partial charge in [-0.15, -0.1) is 0 Å². The van der Waals surface area contributed by atoms with E-state index < -0.39 is 0 Å². The smallest absolute Gasteiger partial charge is 0.329 e. The molecule has 0 aliphatic heterocycles. The van der Waals surface area contributed by atoms with Crippen LogP contribution in [0.15, 0.2) is 23.0 Å². The van der Waals surface area contributed by atoms with E-state index >= 15 is 0 Å². The molecule has 0 aliphatic carbocycles. The summed E-state index contributed by atoms with van der Waals surface area (Å²) in [5, 5.41) is 18.5. The topological polar surface area (TPSA) is 67.4 Å². The Morgan fingerprint density at radius 3 is 2.69 bits per heavy atom. The second kappa shape index (κ2) is 3.68. The number of aliphatic hydroxyl groups is 1. The van der Waals surface area contributed by atoms with E-state index in [2.05, 4.69) is 0 Å². The van der Waals surface area contributed by atoms with Crippen LogP contribution in [0.4, 0.5) is 0 Å². The molecule has 16 heavy (non-hydrogen) atoms. The number of hydrogen-bond donors (Lipinski definition) is 2. The Morgan fingerprint density at radius 1 is 1.38 bits per heavy atom. The predicted octanol–water partition coefficient (Wildman–Crippen LogP) is 0.599. The van der Waals surface area contributed by atoms with Crippen molar-refractivity contribution < 1.29 is 10.2 Å². The minimum atomic E-state index is -0.277. The van der Waals surface area contributed by atoms with E-state index in [1.807, 2.05) is 0 Å². The first kappa shape index (κ1) is 10.8. The van der Waals surface area contributed by atoms with Gasteiger partial charge < -0.3 is 10.2 Å². The molecule has 0 fully saturated rings. The van der Waals surface area contributed by atoms with Gasteiger partial charge >= 0.3 is 5.69 Å². The maximum atomic E-state index is 11.9. The third kappa shape index (κ3) is 1.40. The molecule has 0 radical (unpaired) electrons. The summed E-state index contributed by atoms with van der Waals surface area (Å²) >= 11 is 0. The number of nitrogens with zero attached hydrogens (tertiary/aromatic N) is 2. The highest BCUT2D eigenvalue weighted by Crippen LogP contribution is 2.20. The maximum absolute atomic E-state index is 11.9. The number of aromatic nitrogens is 2. The highest BCUT2D eigenvalue weighted by atomic mass is 16.3. The molecule has 5 heteroatoms. The van der Waals surface area contributed by atoms with Gasteiger partial charge in [0.1, 0.15) is 5.75 Å². The number of imidazole rings is 1. The second-order valence-electron chi connectivity index (χ2n) is 3.92. The largest absolute Gasteiger partial charge is 0.508 e. The van der Waals surface area contributed by atoms with Crippen LogP contribution >= 0.6 is 0 Å². The van der Waals surface area contributed by atoms with Crippen molar-refractivity contribution in [3.8, 4) is 5.75 Å². The van der Waals surface area contributed by atoms with Crippen molar-refractivity contribution in [1.82, 2.24) is 9.13 Å². The molecule has 0 saturated carbocycles. The zero-order chi connectivity index (χ0) is 11.9. The first-order valence-corrected chi connectivity index (χ1v) is 5.07. The number of benzene rings is 1. The average molecular weight is 222 g/mol. The Balaban J connectivity index is 2.84. The summed E-state index contributed by atoms with van der Waals surface area (Å²) in [5.41, 5.74) is 1.18. The molecule has 2 rings (SSSR count). The van der Waals surface area contributed by atoms with Crippen LogP contribution in [-0.2, 0) is 7.05 Å². The molecule has 1 atom stereocenters. The summed E-state index contributed by atoms with van der Waals surface area (Å²) in [4.78, 5) is 11.9. The monoisotopic (exact) mass is 222 g/mol. The molecule has 0 amide bonds. The van der Waals surface area contributed by atoms with Crippen LogP contribution in [0.3, 0.4) is 0 Å². The standard InChI is InChI=1S/C11H14N2O3/c1-7(6-14)13-9-4-3-8(15)5-10(9)12(2)11(13)16/h3-5,7,14-15H,6H2,1-2H3. The first-order valence-electron chi connectivity index (χ1n) is 5.07. The molecule has 5 nitrogen and oxygen atoms in total. The van der Waals surface area contributed by atoms with Crippen LogP contribution in [0.1, 0.15) is 13.0 Å². The lowest BCUT2D eigenvalue weighted by Gasteiger charge is -2.09. The fourth-order valence-electron chi connectivity index (χ4n) is 1.86. The molecule has 0 spiro atoms. The Kier molecular flexibility index (Phi) is 2.47. The summed E-state index contributed by atoms with van der Waals surface area (Å²) < 4.78 is 2.98. The Labute approximate surface area is 92.2 Å². The molecule has 1 aromatic heterocycles. The fraction of sp³-hybridized carbons (Fsp3) is 0.364. The quantitative estimate of drug-likeness (QED) is 0.781. The Morgan fingerprint density at radius 2 is 2.06 bits per heavy atom. The van der Waals surface area contributed by atoms with Crippen molar-refractivity contribution in [3.63, 3.8) is 0 Å². The van der Waals surface area contributed by atoms with Crippen molar-refractivity contribution in [3.05, 3.63) is 28.7 Å². The van der Waals surface area contributed by atoms with Crippen LogP contribution < -0.4 is 5.69 Å². The Hall–Kier alpha value is -1.75. The van der Waals surface area contributed by atoms with Gasteiger partial charge in [0, 0.05) is 13.1 Å². The van der Waals surface area contributed by atoms with E-state index in [0.29, 0.717) is 11.0 Å². The summed E-state index contributed by atoms with van der Waals surface area (Å²) in [7, 11) is 1.64. The first-order chi connectivity index (χ1) is 7.56. The molecule has 0 aliphatic rings. The van der Waals surface area contributed by atoms with Crippen LogP contribution in [0.2, 0.25) is 0 Å². The molecule has 0 bridgehead atoms. The summed E-state index contributed by atoms with van der Waals surface area (Å²) in [6.45, 7) is 1.67. The normalized spacial score (nSPS) is 13.2. The van der Waals surface area contributed by atoms with Gasteiger partial charge in [-0.1, -0.05) is 0 Å². The van der Waals surface area contributed by atoms with Crippen molar-refractivity contribution in [2.75, 3.05) is 6.61 Å². The minimum Gasteiger partial charge on any atom is -0.508 e. The van der Waals surface area contributed by atoms with Gasteiger partial charge in [-0.2, -0.15) is 0 Å². The molecule has 1 aromatic carbocycles. The van der Waals surface area contributed by atoms with Crippen LogP contribution in [0.5, 0.6) is 5.75 Å². The van der Waals surface area contributed by atoms with Crippen LogP contribution in [0.25, 0.3) is 11.0 Å². The van der Waals surface area contributed by atoms with Crippen LogP contribution in [-0.4, -0.2) is 26.0 Å². The summed E-state index contributed by atoms with van der Waals surface area (Å²) in [6, 6.07) is 4.47. The summed E-state index contributed by atoms with van der Waals surface area (Å²) in [5.74, 6) is 0.122. The van der Waals surface area contributed by atoms with Gasteiger partial charge in [0.15, 0.2) is 0 Å². The lowest BCUT2D eigenvalue weighted by atomic mass is 10.2. The van der Waals surface area contributed by atoms with E-state index in [-0.39, 0.29) is 24.1 Å². The van der Waals surface area contributed by atoms with Gasteiger partial charge in [0.05, 0.1) is 23.7 Å². The van der Waals surface area contributed by atoms with Crippen molar-refractivity contribution in [2.45, 2.75) is 13.0 Å². The van der Waals surface area contributed by atoms with E-state index in [0.717, 1.165) is 0 Å². The zero-order valence-corrected chi connectivity index (χ0v) is 9.21. The van der Waals surface area contributed by atoms with E-state index in [1.54, 1.807) is 20.0 Å². The number of aryl methyl sites for hydroxylation is 1. The SMILES string of the molecule is CC(CO)n1c(=O)n(C)c2cc(O)ccc21. The highest BCUT2D eigenvalue weighted by Gasteiger charge is 2.15. The Bertz CT molecular complexity index is 583.